The van der Waals surface area contributed by atoms with Crippen LogP contribution in [0.3, 0.4) is 0 Å². The molecule has 0 aromatic carbocycles. The fourth-order valence-electron chi connectivity index (χ4n) is 1.55. The Morgan fingerprint density at radius 3 is 2.90 bits per heavy atom. The van der Waals surface area contributed by atoms with Gasteiger partial charge in [-0.3, -0.25) is 9.78 Å². The van der Waals surface area contributed by atoms with Gasteiger partial charge < -0.3 is 15.1 Å². The van der Waals surface area contributed by atoms with Gasteiger partial charge in [-0.1, -0.05) is 11.8 Å². The maximum atomic E-state index is 12.2. The van der Waals surface area contributed by atoms with Crippen molar-refractivity contribution in [1.82, 2.24) is 9.88 Å². The third-order valence-corrected chi connectivity index (χ3v) is 2.68. The molecule has 1 atom stereocenters. The third-order valence-electron chi connectivity index (χ3n) is 2.68. The minimum atomic E-state index is -0.431. The van der Waals surface area contributed by atoms with Gasteiger partial charge in [0.1, 0.15) is 0 Å². The molecule has 5 heteroatoms. The van der Waals surface area contributed by atoms with Crippen molar-refractivity contribution < 1.29 is 15.0 Å². The van der Waals surface area contributed by atoms with Crippen molar-refractivity contribution in [2.45, 2.75) is 25.9 Å². The quantitative estimate of drug-likeness (QED) is 0.775. The van der Waals surface area contributed by atoms with E-state index in [2.05, 4.69) is 16.8 Å². The summed E-state index contributed by atoms with van der Waals surface area (Å²) in [6, 6.07) is 1.68. The summed E-state index contributed by atoms with van der Waals surface area (Å²) >= 11 is 0. The van der Waals surface area contributed by atoms with Crippen molar-refractivity contribution in [2.24, 2.45) is 0 Å². The number of carbonyl (C=O) groups excluding carboxylic acids is 1. The molecule has 20 heavy (non-hydrogen) atoms. The lowest BCUT2D eigenvalue weighted by Gasteiger charge is -2.17. The molecule has 0 spiro atoms. The van der Waals surface area contributed by atoms with Gasteiger partial charge >= 0.3 is 0 Å². The van der Waals surface area contributed by atoms with Crippen LogP contribution in [0, 0.1) is 11.8 Å². The topological polar surface area (TPSA) is 73.7 Å². The predicted molar refractivity (Wildman–Crippen MR) is 76.1 cm³/mol. The van der Waals surface area contributed by atoms with Crippen molar-refractivity contribution >= 4 is 5.91 Å². The third kappa shape index (κ3) is 5.39. The molecule has 0 radical (unpaired) electrons. The van der Waals surface area contributed by atoms with E-state index in [-0.39, 0.29) is 12.5 Å². The van der Waals surface area contributed by atoms with E-state index in [1.165, 1.54) is 6.20 Å². The second kappa shape index (κ2) is 8.31. The Kier molecular flexibility index (Phi) is 6.71. The van der Waals surface area contributed by atoms with Crippen LogP contribution in [0.15, 0.2) is 18.5 Å². The summed E-state index contributed by atoms with van der Waals surface area (Å²) in [5, 5.41) is 17.9. The number of hydrogen-bond acceptors (Lipinski definition) is 4. The summed E-state index contributed by atoms with van der Waals surface area (Å²) in [5.74, 6) is 5.49. The fraction of sp³-hybridized carbons (Fsp3) is 0.467. The molecule has 108 valence electrons. The number of hydrogen-bond donors (Lipinski definition) is 2. The summed E-state index contributed by atoms with van der Waals surface area (Å²) in [6.07, 6.45) is 3.58. The molecule has 0 saturated heterocycles. The van der Waals surface area contributed by atoms with Gasteiger partial charge in [0, 0.05) is 38.0 Å². The summed E-state index contributed by atoms with van der Waals surface area (Å²) in [5.41, 5.74) is 1.11. The first-order chi connectivity index (χ1) is 9.54. The molecule has 1 rings (SSSR count). The molecule has 1 amide bonds. The standard InChI is InChI=1S/C15H20N2O3/c1-12(19)6-7-17(2)15(20)14-9-13(10-16-11-14)5-3-4-8-18/h9-12,18-19H,4,6-8H2,1-2H3. The summed E-state index contributed by atoms with van der Waals surface area (Å²) in [7, 11) is 1.69. The minimum Gasteiger partial charge on any atom is -0.395 e. The molecule has 5 nitrogen and oxygen atoms in total. The monoisotopic (exact) mass is 276 g/mol. The van der Waals surface area contributed by atoms with Crippen LogP contribution < -0.4 is 0 Å². The van der Waals surface area contributed by atoms with E-state index in [4.69, 9.17) is 5.11 Å². The highest BCUT2D eigenvalue weighted by atomic mass is 16.3. The molecule has 1 aromatic heterocycles. The Hall–Kier alpha value is -1.90. The van der Waals surface area contributed by atoms with Crippen molar-refractivity contribution in [3.05, 3.63) is 29.6 Å². The fourth-order valence-corrected chi connectivity index (χ4v) is 1.55. The molecular weight excluding hydrogens is 256 g/mol. The molecule has 0 aliphatic carbocycles. The molecule has 1 heterocycles. The van der Waals surface area contributed by atoms with E-state index in [0.29, 0.717) is 30.5 Å². The summed E-state index contributed by atoms with van der Waals surface area (Å²) < 4.78 is 0. The van der Waals surface area contributed by atoms with Crippen LogP contribution in [0.25, 0.3) is 0 Å². The number of aliphatic hydroxyl groups is 2. The van der Waals surface area contributed by atoms with Gasteiger partial charge in [-0.15, -0.1) is 0 Å². The molecule has 0 bridgehead atoms. The van der Waals surface area contributed by atoms with Crippen molar-refractivity contribution in [3.63, 3.8) is 0 Å². The highest BCUT2D eigenvalue weighted by Crippen LogP contribution is 2.06. The van der Waals surface area contributed by atoms with Crippen LogP contribution in [0.2, 0.25) is 0 Å². The van der Waals surface area contributed by atoms with Crippen LogP contribution in [0.5, 0.6) is 0 Å². The largest absolute Gasteiger partial charge is 0.395 e. The maximum absolute atomic E-state index is 12.2. The maximum Gasteiger partial charge on any atom is 0.255 e. The number of aliphatic hydroxyl groups excluding tert-OH is 2. The van der Waals surface area contributed by atoms with E-state index < -0.39 is 6.10 Å². The van der Waals surface area contributed by atoms with Gasteiger partial charge in [0.25, 0.3) is 5.91 Å². The SMILES string of the molecule is CC(O)CCN(C)C(=O)c1cncc(C#CCCO)c1. The normalized spacial score (nSPS) is 11.4. The Labute approximate surface area is 119 Å². The Morgan fingerprint density at radius 2 is 2.25 bits per heavy atom. The van der Waals surface area contributed by atoms with Gasteiger partial charge in [0.15, 0.2) is 0 Å². The zero-order chi connectivity index (χ0) is 15.0. The average molecular weight is 276 g/mol. The highest BCUT2D eigenvalue weighted by molar-refractivity contribution is 5.94. The number of rotatable bonds is 5. The molecule has 2 N–H and O–H groups in total. The number of pyridine rings is 1. The van der Waals surface area contributed by atoms with E-state index in [1.807, 2.05) is 0 Å². The van der Waals surface area contributed by atoms with Gasteiger partial charge in [-0.05, 0) is 19.4 Å². The van der Waals surface area contributed by atoms with Gasteiger partial charge in [-0.25, -0.2) is 0 Å². The van der Waals surface area contributed by atoms with Gasteiger partial charge in [0.2, 0.25) is 0 Å². The van der Waals surface area contributed by atoms with Crippen LogP contribution in [0.4, 0.5) is 0 Å². The molecule has 1 aromatic rings. The Morgan fingerprint density at radius 1 is 1.50 bits per heavy atom. The first-order valence-electron chi connectivity index (χ1n) is 6.53. The average Bonchev–Trinajstić information content (AvgIpc) is 2.44. The van der Waals surface area contributed by atoms with E-state index in [0.717, 1.165) is 0 Å². The first kappa shape index (κ1) is 16.2. The number of amides is 1. The summed E-state index contributed by atoms with van der Waals surface area (Å²) in [4.78, 5) is 17.7. The lowest BCUT2D eigenvalue weighted by Crippen LogP contribution is -2.29. The highest BCUT2D eigenvalue weighted by Gasteiger charge is 2.12. The first-order valence-corrected chi connectivity index (χ1v) is 6.53. The second-order valence-corrected chi connectivity index (χ2v) is 4.60. The van der Waals surface area contributed by atoms with Crippen molar-refractivity contribution in [3.8, 4) is 11.8 Å². The molecule has 0 aliphatic heterocycles. The molecule has 0 saturated carbocycles. The smallest absolute Gasteiger partial charge is 0.255 e. The molecular formula is C15H20N2O3. The molecule has 0 fully saturated rings. The lowest BCUT2D eigenvalue weighted by molar-refractivity contribution is 0.0768. The van der Waals surface area contributed by atoms with E-state index in [1.54, 1.807) is 31.1 Å². The number of carbonyl (C=O) groups is 1. The van der Waals surface area contributed by atoms with Crippen LogP contribution in [-0.2, 0) is 0 Å². The van der Waals surface area contributed by atoms with E-state index >= 15 is 0 Å². The van der Waals surface area contributed by atoms with Crippen LogP contribution >= 0.6 is 0 Å². The predicted octanol–water partition coefficient (Wildman–Crippen LogP) is 0.658. The number of nitrogens with zero attached hydrogens (tertiary/aromatic N) is 2. The van der Waals surface area contributed by atoms with Gasteiger partial charge in [-0.2, -0.15) is 0 Å². The van der Waals surface area contributed by atoms with Crippen LogP contribution in [0.1, 0.15) is 35.7 Å². The Bertz CT molecular complexity index is 503. The van der Waals surface area contributed by atoms with Crippen LogP contribution in [-0.4, -0.2) is 52.3 Å². The minimum absolute atomic E-state index is 0.0150. The van der Waals surface area contributed by atoms with Crippen molar-refractivity contribution in [1.29, 1.82) is 0 Å². The van der Waals surface area contributed by atoms with Gasteiger partial charge in [0.05, 0.1) is 18.3 Å². The number of aromatic nitrogens is 1. The van der Waals surface area contributed by atoms with Crippen molar-refractivity contribution in [2.75, 3.05) is 20.2 Å². The molecule has 1 unspecified atom stereocenters. The summed E-state index contributed by atoms with van der Waals surface area (Å²) in [6.45, 7) is 2.19. The zero-order valence-corrected chi connectivity index (χ0v) is 11.8. The Balaban J connectivity index is 2.73. The lowest BCUT2D eigenvalue weighted by atomic mass is 10.1. The second-order valence-electron chi connectivity index (χ2n) is 4.60. The zero-order valence-electron chi connectivity index (χ0n) is 11.8. The van der Waals surface area contributed by atoms with E-state index in [9.17, 15) is 9.90 Å². The molecule has 0 aliphatic rings.